The fraction of sp³-hybridized carbons (Fsp3) is 0.538. The van der Waals surface area contributed by atoms with E-state index in [9.17, 15) is 0 Å². The highest BCUT2D eigenvalue weighted by Crippen LogP contribution is 2.45. The zero-order valence-corrected chi connectivity index (χ0v) is 9.52. The highest BCUT2D eigenvalue weighted by atomic mass is 14.7. The first-order chi connectivity index (χ1) is 6.42. The van der Waals surface area contributed by atoms with Crippen LogP contribution in [0, 0.1) is 13.8 Å². The normalized spacial score (nSPS) is 23.6. The predicted octanol–water partition coefficient (Wildman–Crippen LogP) is 2.98. The van der Waals surface area contributed by atoms with Gasteiger partial charge in [-0.05, 0) is 42.4 Å². The van der Waals surface area contributed by atoms with Crippen LogP contribution in [-0.2, 0) is 5.41 Å². The molecule has 0 fully saturated rings. The van der Waals surface area contributed by atoms with E-state index in [-0.39, 0.29) is 11.5 Å². The van der Waals surface area contributed by atoms with E-state index in [1.54, 1.807) is 0 Å². The lowest BCUT2D eigenvalue weighted by Crippen LogP contribution is -2.15. The third kappa shape index (κ3) is 1.27. The Bertz CT molecular complexity index is 377. The molecule has 1 aliphatic carbocycles. The Morgan fingerprint density at radius 1 is 1.29 bits per heavy atom. The number of fused-ring (bicyclic) bond motifs is 1. The zero-order valence-electron chi connectivity index (χ0n) is 9.52. The van der Waals surface area contributed by atoms with E-state index in [1.807, 2.05) is 0 Å². The third-order valence-electron chi connectivity index (χ3n) is 3.32. The second-order valence-corrected chi connectivity index (χ2v) is 5.24. The van der Waals surface area contributed by atoms with Crippen LogP contribution in [0.25, 0.3) is 0 Å². The van der Waals surface area contributed by atoms with Gasteiger partial charge in [-0.25, -0.2) is 0 Å². The lowest BCUT2D eigenvalue weighted by atomic mass is 9.83. The molecule has 1 aromatic carbocycles. The van der Waals surface area contributed by atoms with Gasteiger partial charge in [0.05, 0.1) is 0 Å². The van der Waals surface area contributed by atoms with E-state index in [0.29, 0.717) is 0 Å². The molecule has 0 saturated heterocycles. The van der Waals surface area contributed by atoms with E-state index in [1.165, 1.54) is 22.3 Å². The number of nitrogens with two attached hydrogens (primary N) is 1. The minimum absolute atomic E-state index is 0.235. The number of hydrogen-bond acceptors (Lipinski definition) is 1. The summed E-state index contributed by atoms with van der Waals surface area (Å²) in [5.41, 5.74) is 12.0. The summed E-state index contributed by atoms with van der Waals surface area (Å²) in [5.74, 6) is 0. The van der Waals surface area contributed by atoms with Crippen LogP contribution in [-0.4, -0.2) is 0 Å². The monoisotopic (exact) mass is 189 g/mol. The molecule has 1 nitrogen and oxygen atoms in total. The third-order valence-corrected chi connectivity index (χ3v) is 3.32. The summed E-state index contributed by atoms with van der Waals surface area (Å²) in [7, 11) is 0. The Kier molecular flexibility index (Phi) is 1.97. The zero-order chi connectivity index (χ0) is 10.5. The SMILES string of the molecule is Cc1cc(C)c2c(c1)[C@@H](N)CC2(C)C. The Morgan fingerprint density at radius 2 is 1.93 bits per heavy atom. The molecule has 1 heteroatoms. The van der Waals surface area contributed by atoms with E-state index < -0.39 is 0 Å². The van der Waals surface area contributed by atoms with Gasteiger partial charge >= 0.3 is 0 Å². The molecule has 0 heterocycles. The van der Waals surface area contributed by atoms with Gasteiger partial charge < -0.3 is 5.73 Å². The highest BCUT2D eigenvalue weighted by molar-refractivity contribution is 5.48. The van der Waals surface area contributed by atoms with Gasteiger partial charge in [0.15, 0.2) is 0 Å². The van der Waals surface area contributed by atoms with E-state index in [2.05, 4.69) is 39.8 Å². The molecule has 14 heavy (non-hydrogen) atoms. The maximum absolute atomic E-state index is 6.16. The van der Waals surface area contributed by atoms with Crippen molar-refractivity contribution in [2.75, 3.05) is 0 Å². The van der Waals surface area contributed by atoms with Crippen molar-refractivity contribution in [3.8, 4) is 0 Å². The quantitative estimate of drug-likeness (QED) is 0.667. The summed E-state index contributed by atoms with van der Waals surface area (Å²) in [6, 6.07) is 4.75. The molecule has 0 saturated carbocycles. The maximum atomic E-state index is 6.16. The van der Waals surface area contributed by atoms with Crippen LogP contribution < -0.4 is 5.73 Å². The molecule has 1 atom stereocenters. The number of benzene rings is 1. The molecule has 76 valence electrons. The minimum atomic E-state index is 0.235. The first-order valence-electron chi connectivity index (χ1n) is 5.29. The summed E-state index contributed by atoms with van der Waals surface area (Å²) >= 11 is 0. The van der Waals surface area contributed by atoms with Crippen molar-refractivity contribution in [3.05, 3.63) is 34.4 Å². The van der Waals surface area contributed by atoms with Crippen molar-refractivity contribution in [2.45, 2.75) is 45.6 Å². The molecular weight excluding hydrogens is 170 g/mol. The maximum Gasteiger partial charge on any atom is 0.0306 e. The molecule has 1 aliphatic rings. The highest BCUT2D eigenvalue weighted by Gasteiger charge is 2.36. The Labute approximate surface area is 86.3 Å². The van der Waals surface area contributed by atoms with Gasteiger partial charge in [0.25, 0.3) is 0 Å². The van der Waals surface area contributed by atoms with Gasteiger partial charge in [-0.1, -0.05) is 31.5 Å². The first-order valence-corrected chi connectivity index (χ1v) is 5.29. The largest absolute Gasteiger partial charge is 0.324 e. The molecule has 2 N–H and O–H groups in total. The van der Waals surface area contributed by atoms with Gasteiger partial charge in [-0.3, -0.25) is 0 Å². The van der Waals surface area contributed by atoms with Gasteiger partial charge in [-0.2, -0.15) is 0 Å². The van der Waals surface area contributed by atoms with Crippen molar-refractivity contribution in [3.63, 3.8) is 0 Å². The molecule has 1 aromatic rings. The summed E-state index contributed by atoms with van der Waals surface area (Å²) in [6.07, 6.45) is 1.08. The average molecular weight is 189 g/mol. The smallest absolute Gasteiger partial charge is 0.0306 e. The van der Waals surface area contributed by atoms with Crippen LogP contribution in [0.3, 0.4) is 0 Å². The molecule has 0 radical (unpaired) electrons. The van der Waals surface area contributed by atoms with Gasteiger partial charge in [0.1, 0.15) is 0 Å². The van der Waals surface area contributed by atoms with Crippen LogP contribution in [0.5, 0.6) is 0 Å². The van der Waals surface area contributed by atoms with Crippen molar-refractivity contribution >= 4 is 0 Å². The van der Waals surface area contributed by atoms with Crippen LogP contribution in [0.15, 0.2) is 12.1 Å². The summed E-state index contributed by atoms with van der Waals surface area (Å²) in [6.45, 7) is 8.93. The van der Waals surface area contributed by atoms with Crippen molar-refractivity contribution in [1.82, 2.24) is 0 Å². The van der Waals surface area contributed by atoms with E-state index in [4.69, 9.17) is 5.73 Å². The standard InChI is InChI=1S/C13H19N/c1-8-5-9(2)12-10(6-8)11(14)7-13(12,3)4/h5-6,11H,7,14H2,1-4H3/t11-/m0/s1. The van der Waals surface area contributed by atoms with Gasteiger partial charge in [0.2, 0.25) is 0 Å². The molecule has 0 amide bonds. The lowest BCUT2D eigenvalue weighted by molar-refractivity contribution is 0.480. The molecular formula is C13H19N. The lowest BCUT2D eigenvalue weighted by Gasteiger charge is -2.21. The van der Waals surface area contributed by atoms with Crippen LogP contribution >= 0.6 is 0 Å². The Morgan fingerprint density at radius 3 is 2.57 bits per heavy atom. The Hall–Kier alpha value is -0.820. The van der Waals surface area contributed by atoms with Crippen molar-refractivity contribution in [1.29, 1.82) is 0 Å². The second kappa shape index (κ2) is 2.83. The fourth-order valence-electron chi connectivity index (χ4n) is 2.98. The molecule has 0 aliphatic heterocycles. The topological polar surface area (TPSA) is 26.0 Å². The summed E-state index contributed by atoms with van der Waals surface area (Å²) < 4.78 is 0. The van der Waals surface area contributed by atoms with E-state index >= 15 is 0 Å². The number of rotatable bonds is 0. The van der Waals surface area contributed by atoms with Crippen LogP contribution in [0.2, 0.25) is 0 Å². The molecule has 2 rings (SSSR count). The average Bonchev–Trinajstić information content (AvgIpc) is 2.21. The minimum Gasteiger partial charge on any atom is -0.324 e. The number of hydrogen-bond donors (Lipinski definition) is 1. The summed E-state index contributed by atoms with van der Waals surface area (Å²) in [5, 5.41) is 0. The van der Waals surface area contributed by atoms with Gasteiger partial charge in [0, 0.05) is 6.04 Å². The first kappa shape index (κ1) is 9.72. The number of aryl methyl sites for hydroxylation is 2. The molecule has 0 aromatic heterocycles. The molecule has 0 spiro atoms. The van der Waals surface area contributed by atoms with E-state index in [0.717, 1.165) is 6.42 Å². The fourth-order valence-corrected chi connectivity index (χ4v) is 2.98. The van der Waals surface area contributed by atoms with Crippen molar-refractivity contribution < 1.29 is 0 Å². The predicted molar refractivity (Wildman–Crippen MR) is 60.5 cm³/mol. The molecule has 0 bridgehead atoms. The van der Waals surface area contributed by atoms with Crippen LogP contribution in [0.1, 0.15) is 48.6 Å². The van der Waals surface area contributed by atoms with Crippen molar-refractivity contribution in [2.24, 2.45) is 5.73 Å². The van der Waals surface area contributed by atoms with Crippen LogP contribution in [0.4, 0.5) is 0 Å². The van der Waals surface area contributed by atoms with Gasteiger partial charge in [-0.15, -0.1) is 0 Å². The Balaban J connectivity index is 2.69. The summed E-state index contributed by atoms with van der Waals surface area (Å²) in [4.78, 5) is 0. The molecule has 0 unspecified atom stereocenters. The second-order valence-electron chi connectivity index (χ2n) is 5.24.